The number of rotatable bonds is 4. The lowest BCUT2D eigenvalue weighted by atomic mass is 10.1. The van der Waals surface area contributed by atoms with E-state index < -0.39 is 0 Å². The van der Waals surface area contributed by atoms with Crippen molar-refractivity contribution in [2.75, 3.05) is 0 Å². The van der Waals surface area contributed by atoms with E-state index in [0.29, 0.717) is 6.42 Å². The van der Waals surface area contributed by atoms with E-state index in [2.05, 4.69) is 10.3 Å². The number of amides is 1. The summed E-state index contributed by atoms with van der Waals surface area (Å²) in [6, 6.07) is 7.76. The summed E-state index contributed by atoms with van der Waals surface area (Å²) in [6.45, 7) is 1.46. The average molecular weight is 229 g/mol. The summed E-state index contributed by atoms with van der Waals surface area (Å²) in [4.78, 5) is 14.2. The lowest BCUT2D eigenvalue weighted by Gasteiger charge is -2.11. The van der Waals surface area contributed by atoms with Crippen molar-refractivity contribution in [2.24, 2.45) is 0 Å². The van der Waals surface area contributed by atoms with Gasteiger partial charge in [0.15, 0.2) is 0 Å². The third kappa shape index (κ3) is 2.53. The highest BCUT2D eigenvalue weighted by atomic mass is 16.1. The van der Waals surface area contributed by atoms with Crippen LogP contribution in [0.15, 0.2) is 30.5 Å². The highest BCUT2D eigenvalue weighted by molar-refractivity contribution is 5.84. The summed E-state index contributed by atoms with van der Waals surface area (Å²) < 4.78 is 0. The molecule has 0 fully saturated rings. The lowest BCUT2D eigenvalue weighted by Crippen LogP contribution is -2.35. The van der Waals surface area contributed by atoms with Crippen molar-refractivity contribution in [2.45, 2.75) is 19.4 Å². The zero-order valence-electron chi connectivity index (χ0n) is 9.66. The molecule has 0 saturated heterocycles. The molecule has 4 nitrogen and oxygen atoms in total. The van der Waals surface area contributed by atoms with Gasteiger partial charge in [-0.3, -0.25) is 4.79 Å². The normalized spacial score (nSPS) is 12.3. The van der Waals surface area contributed by atoms with Gasteiger partial charge in [-0.25, -0.2) is 0 Å². The molecule has 0 aliphatic heterocycles. The van der Waals surface area contributed by atoms with Gasteiger partial charge in [0.05, 0.1) is 6.04 Å². The Bertz CT molecular complexity index is 544. The Labute approximate surface area is 99.5 Å². The minimum atomic E-state index is -0.244. The molecule has 0 unspecified atom stereocenters. The van der Waals surface area contributed by atoms with Gasteiger partial charge in [-0.05, 0) is 18.1 Å². The largest absolute Gasteiger partial charge is 0.361 e. The Hall–Kier alpha value is -2.10. The molecule has 17 heavy (non-hydrogen) atoms. The molecule has 1 aromatic heterocycles. The van der Waals surface area contributed by atoms with Gasteiger partial charge in [-0.2, -0.15) is 0 Å². The van der Waals surface area contributed by atoms with Crippen LogP contribution in [0.3, 0.4) is 0 Å². The number of fused-ring (bicyclic) bond motifs is 1. The van der Waals surface area contributed by atoms with Crippen molar-refractivity contribution in [3.63, 3.8) is 0 Å². The fourth-order valence-corrected chi connectivity index (χ4v) is 1.95. The van der Waals surface area contributed by atoms with E-state index in [1.165, 1.54) is 13.1 Å². The molecule has 0 spiro atoms. The van der Waals surface area contributed by atoms with Crippen LogP contribution >= 0.6 is 0 Å². The molecule has 2 aromatic rings. The number of hydrogen-bond donors (Lipinski definition) is 3. The first-order valence-corrected chi connectivity index (χ1v) is 5.53. The third-order valence-corrected chi connectivity index (χ3v) is 2.70. The molecule has 0 bridgehead atoms. The fraction of sp³-hybridized carbons (Fsp3) is 0.231. The Balaban J connectivity index is 2.22. The predicted molar refractivity (Wildman–Crippen MR) is 68.4 cm³/mol. The summed E-state index contributed by atoms with van der Waals surface area (Å²) in [6.07, 6.45) is 3.83. The topological polar surface area (TPSA) is 68.7 Å². The van der Waals surface area contributed by atoms with Gasteiger partial charge < -0.3 is 15.7 Å². The van der Waals surface area contributed by atoms with E-state index in [4.69, 9.17) is 5.41 Å². The van der Waals surface area contributed by atoms with Crippen LogP contribution in [0.1, 0.15) is 12.5 Å². The number of nitrogens with one attached hydrogen (secondary N) is 3. The number of aromatic nitrogens is 1. The van der Waals surface area contributed by atoms with E-state index in [9.17, 15) is 4.79 Å². The fourth-order valence-electron chi connectivity index (χ4n) is 1.95. The number of carbonyl (C=O) groups is 1. The van der Waals surface area contributed by atoms with Crippen LogP contribution in [0.4, 0.5) is 0 Å². The van der Waals surface area contributed by atoms with Gasteiger partial charge >= 0.3 is 0 Å². The van der Waals surface area contributed by atoms with Crippen molar-refractivity contribution in [1.82, 2.24) is 10.3 Å². The van der Waals surface area contributed by atoms with E-state index >= 15 is 0 Å². The van der Waals surface area contributed by atoms with Gasteiger partial charge in [0.2, 0.25) is 5.91 Å². The molecule has 1 atom stereocenters. The molecule has 1 amide bonds. The SMILES string of the molecule is CC(=O)N[C@H](C=N)Cc1c[nH]c2ccccc12. The molecule has 0 aliphatic rings. The molecule has 88 valence electrons. The first-order chi connectivity index (χ1) is 8.20. The summed E-state index contributed by atoms with van der Waals surface area (Å²) in [7, 11) is 0. The molecule has 1 aromatic carbocycles. The van der Waals surface area contributed by atoms with Gasteiger partial charge in [0.1, 0.15) is 0 Å². The predicted octanol–water partition coefficient (Wildman–Crippen LogP) is 1.86. The van der Waals surface area contributed by atoms with E-state index in [-0.39, 0.29) is 11.9 Å². The molecule has 3 N–H and O–H groups in total. The lowest BCUT2D eigenvalue weighted by molar-refractivity contribution is -0.119. The first-order valence-electron chi connectivity index (χ1n) is 5.53. The van der Waals surface area contributed by atoms with Crippen LogP contribution in [0.5, 0.6) is 0 Å². The van der Waals surface area contributed by atoms with Crippen LogP contribution in [0.2, 0.25) is 0 Å². The number of aromatic amines is 1. The average Bonchev–Trinajstić information content (AvgIpc) is 2.71. The Morgan fingerprint density at radius 1 is 1.53 bits per heavy atom. The van der Waals surface area contributed by atoms with Crippen molar-refractivity contribution in [1.29, 1.82) is 5.41 Å². The Kier molecular flexibility index (Phi) is 3.23. The number of H-pyrrole nitrogens is 1. The third-order valence-electron chi connectivity index (χ3n) is 2.70. The maximum atomic E-state index is 11.0. The first kappa shape index (κ1) is 11.4. The van der Waals surface area contributed by atoms with Crippen LogP contribution in [-0.4, -0.2) is 23.1 Å². The summed E-state index contributed by atoms with van der Waals surface area (Å²) >= 11 is 0. The van der Waals surface area contributed by atoms with Gasteiger partial charge in [-0.1, -0.05) is 18.2 Å². The summed E-state index contributed by atoms with van der Waals surface area (Å²) in [5.74, 6) is -0.113. The maximum Gasteiger partial charge on any atom is 0.217 e. The highest BCUT2D eigenvalue weighted by Crippen LogP contribution is 2.18. The van der Waals surface area contributed by atoms with E-state index in [1.807, 2.05) is 30.5 Å². The minimum Gasteiger partial charge on any atom is -0.361 e. The van der Waals surface area contributed by atoms with Crippen molar-refractivity contribution >= 4 is 23.0 Å². The monoisotopic (exact) mass is 229 g/mol. The van der Waals surface area contributed by atoms with E-state index in [1.54, 1.807) is 0 Å². The standard InChI is InChI=1S/C13H15N3O/c1-9(17)16-11(7-14)6-10-8-15-13-5-3-2-4-12(10)13/h2-5,7-8,11,14-15H,6H2,1H3,(H,16,17)/t11-/m0/s1. The second kappa shape index (κ2) is 4.82. The van der Waals surface area contributed by atoms with Crippen LogP contribution < -0.4 is 5.32 Å². The minimum absolute atomic E-state index is 0.113. The Morgan fingerprint density at radius 3 is 3.00 bits per heavy atom. The maximum absolute atomic E-state index is 11.0. The number of hydrogen-bond acceptors (Lipinski definition) is 2. The van der Waals surface area contributed by atoms with Gasteiger partial charge in [0.25, 0.3) is 0 Å². The molecule has 2 rings (SSSR count). The van der Waals surface area contributed by atoms with Crippen molar-refractivity contribution in [3.8, 4) is 0 Å². The number of carbonyl (C=O) groups excluding carboxylic acids is 1. The molecule has 0 radical (unpaired) electrons. The molecule has 0 aliphatic carbocycles. The molecule has 0 saturated carbocycles. The molecular weight excluding hydrogens is 214 g/mol. The molecule has 1 heterocycles. The zero-order chi connectivity index (χ0) is 12.3. The molecule has 4 heteroatoms. The number of benzene rings is 1. The van der Waals surface area contributed by atoms with E-state index in [0.717, 1.165) is 16.5 Å². The quantitative estimate of drug-likeness (QED) is 0.688. The van der Waals surface area contributed by atoms with Gasteiger partial charge in [0, 0.05) is 30.2 Å². The van der Waals surface area contributed by atoms with Crippen molar-refractivity contribution < 1.29 is 4.79 Å². The van der Waals surface area contributed by atoms with Crippen LogP contribution in [-0.2, 0) is 11.2 Å². The second-order valence-corrected chi connectivity index (χ2v) is 4.04. The Morgan fingerprint density at radius 2 is 2.29 bits per heavy atom. The number of para-hydroxylation sites is 1. The van der Waals surface area contributed by atoms with Crippen molar-refractivity contribution in [3.05, 3.63) is 36.0 Å². The zero-order valence-corrected chi connectivity index (χ0v) is 9.66. The van der Waals surface area contributed by atoms with Crippen LogP contribution in [0, 0.1) is 5.41 Å². The summed E-state index contributed by atoms with van der Waals surface area (Å²) in [5, 5.41) is 11.2. The van der Waals surface area contributed by atoms with Gasteiger partial charge in [-0.15, -0.1) is 0 Å². The summed E-state index contributed by atoms with van der Waals surface area (Å²) in [5.41, 5.74) is 2.19. The second-order valence-electron chi connectivity index (χ2n) is 4.04. The van der Waals surface area contributed by atoms with Crippen LogP contribution in [0.25, 0.3) is 10.9 Å². The molecular formula is C13H15N3O. The highest BCUT2D eigenvalue weighted by Gasteiger charge is 2.10. The smallest absolute Gasteiger partial charge is 0.217 e.